The van der Waals surface area contributed by atoms with Crippen molar-refractivity contribution in [3.05, 3.63) is 46.2 Å². The summed E-state index contributed by atoms with van der Waals surface area (Å²) in [5.41, 5.74) is 0.620. The van der Waals surface area contributed by atoms with Crippen molar-refractivity contribution in [3.8, 4) is 0 Å². The molecule has 2 N–H and O–H groups in total. The molecule has 0 bridgehead atoms. The molecule has 1 saturated carbocycles. The van der Waals surface area contributed by atoms with Crippen LogP contribution in [0.15, 0.2) is 24.3 Å². The van der Waals surface area contributed by atoms with Crippen LogP contribution >= 0.6 is 11.6 Å². The Bertz CT molecular complexity index is 1080. The number of hydrogen-bond acceptors (Lipinski definition) is 4. The second kappa shape index (κ2) is 8.58. The third kappa shape index (κ3) is 3.99. The number of aromatic nitrogens is 2. The molecule has 32 heavy (non-hydrogen) atoms. The second-order valence-corrected chi connectivity index (χ2v) is 9.29. The molecule has 2 heterocycles. The van der Waals surface area contributed by atoms with Gasteiger partial charge in [0.2, 0.25) is 5.91 Å². The normalized spacial score (nSPS) is 21.2. The van der Waals surface area contributed by atoms with Gasteiger partial charge in [-0.3, -0.25) is 19.1 Å². The number of rotatable bonds is 4. The standard InChI is InChI=1S/C23H28ClN5O3/c1-14-16(24)10-7-11-17(14)26-20(30)18-12-19-21(31)28(3)23(2,13-29(19)27-18)22(32)25-15-8-5-4-6-9-15/h7,10-12,15H,4-6,8-9,13H2,1-3H3,(H,25,32)(H,26,30). The molecule has 1 fully saturated rings. The number of anilines is 1. The number of nitrogens with one attached hydrogen (secondary N) is 2. The summed E-state index contributed by atoms with van der Waals surface area (Å²) in [6.45, 7) is 3.72. The maximum atomic E-state index is 13.2. The van der Waals surface area contributed by atoms with E-state index in [2.05, 4.69) is 15.7 Å². The highest BCUT2D eigenvalue weighted by atomic mass is 35.5. The van der Waals surface area contributed by atoms with Crippen molar-refractivity contribution in [2.45, 2.75) is 64.1 Å². The predicted octanol–water partition coefficient (Wildman–Crippen LogP) is 3.39. The number of carbonyl (C=O) groups excluding carboxylic acids is 3. The van der Waals surface area contributed by atoms with Crippen LogP contribution in [0, 0.1) is 6.92 Å². The fourth-order valence-electron chi connectivity index (χ4n) is 4.36. The lowest BCUT2D eigenvalue weighted by Crippen LogP contribution is -2.63. The molecule has 3 amide bonds. The van der Waals surface area contributed by atoms with Crippen molar-refractivity contribution in [1.82, 2.24) is 20.0 Å². The molecular formula is C23H28ClN5O3. The number of halogens is 1. The molecule has 1 aliphatic carbocycles. The minimum atomic E-state index is -1.09. The molecule has 0 saturated heterocycles. The number of amides is 3. The highest BCUT2D eigenvalue weighted by Crippen LogP contribution is 2.28. The Morgan fingerprint density at radius 1 is 1.22 bits per heavy atom. The zero-order valence-corrected chi connectivity index (χ0v) is 19.3. The Hall–Kier alpha value is -2.87. The molecule has 2 aromatic rings. The molecule has 0 radical (unpaired) electrons. The van der Waals surface area contributed by atoms with Crippen molar-refractivity contribution in [3.63, 3.8) is 0 Å². The largest absolute Gasteiger partial charge is 0.351 e. The van der Waals surface area contributed by atoms with Gasteiger partial charge in [-0.25, -0.2) is 0 Å². The molecule has 9 heteroatoms. The molecule has 170 valence electrons. The van der Waals surface area contributed by atoms with E-state index in [4.69, 9.17) is 11.6 Å². The maximum Gasteiger partial charge on any atom is 0.276 e. The summed E-state index contributed by atoms with van der Waals surface area (Å²) < 4.78 is 1.46. The number of likely N-dealkylation sites (N-methyl/N-ethyl adjacent to an activating group) is 1. The molecule has 2 aliphatic rings. The van der Waals surface area contributed by atoms with Crippen LogP contribution in [0.2, 0.25) is 5.02 Å². The quantitative estimate of drug-likeness (QED) is 0.735. The van der Waals surface area contributed by atoms with Crippen molar-refractivity contribution in [2.75, 3.05) is 12.4 Å². The third-order valence-corrected chi connectivity index (χ3v) is 7.09. The lowest BCUT2D eigenvalue weighted by Gasteiger charge is -2.41. The summed E-state index contributed by atoms with van der Waals surface area (Å²) in [5, 5.41) is 10.8. The van der Waals surface area contributed by atoms with Gasteiger partial charge in [0.15, 0.2) is 5.69 Å². The summed E-state index contributed by atoms with van der Waals surface area (Å²) in [5.74, 6) is -0.980. The van der Waals surface area contributed by atoms with Crippen LogP contribution in [0.5, 0.6) is 0 Å². The van der Waals surface area contributed by atoms with Gasteiger partial charge in [0, 0.05) is 29.9 Å². The Labute approximate surface area is 192 Å². The van der Waals surface area contributed by atoms with Gasteiger partial charge in [0.1, 0.15) is 11.2 Å². The molecular weight excluding hydrogens is 430 g/mol. The minimum Gasteiger partial charge on any atom is -0.351 e. The van der Waals surface area contributed by atoms with Gasteiger partial charge in [-0.1, -0.05) is 36.9 Å². The summed E-state index contributed by atoms with van der Waals surface area (Å²) in [4.78, 5) is 40.5. The van der Waals surface area contributed by atoms with E-state index in [-0.39, 0.29) is 35.8 Å². The predicted molar refractivity (Wildman–Crippen MR) is 122 cm³/mol. The molecule has 8 nitrogen and oxygen atoms in total. The number of benzene rings is 1. The average molecular weight is 458 g/mol. The van der Waals surface area contributed by atoms with E-state index in [9.17, 15) is 14.4 Å². The van der Waals surface area contributed by atoms with Gasteiger partial charge in [0.25, 0.3) is 11.8 Å². The van der Waals surface area contributed by atoms with Crippen LogP contribution in [-0.2, 0) is 11.3 Å². The Morgan fingerprint density at radius 2 is 1.94 bits per heavy atom. The zero-order chi connectivity index (χ0) is 23.0. The third-order valence-electron chi connectivity index (χ3n) is 6.68. The van der Waals surface area contributed by atoms with Crippen LogP contribution in [0.1, 0.15) is 65.6 Å². The molecule has 1 atom stereocenters. The van der Waals surface area contributed by atoms with E-state index in [1.807, 2.05) is 6.92 Å². The van der Waals surface area contributed by atoms with Crippen LogP contribution in [0.3, 0.4) is 0 Å². The SMILES string of the molecule is Cc1c(Cl)cccc1NC(=O)c1cc2n(n1)CC(C)(C(=O)NC1CCCCC1)N(C)C2=O. The van der Waals surface area contributed by atoms with Gasteiger partial charge in [0.05, 0.1) is 6.54 Å². The maximum absolute atomic E-state index is 13.2. The molecule has 1 aliphatic heterocycles. The summed E-state index contributed by atoms with van der Waals surface area (Å²) >= 11 is 6.13. The number of hydrogen-bond donors (Lipinski definition) is 2. The Balaban J connectivity index is 1.55. The van der Waals surface area contributed by atoms with Crippen molar-refractivity contribution in [1.29, 1.82) is 0 Å². The van der Waals surface area contributed by atoms with Crippen LogP contribution < -0.4 is 10.6 Å². The monoisotopic (exact) mass is 457 g/mol. The highest BCUT2D eigenvalue weighted by molar-refractivity contribution is 6.31. The minimum absolute atomic E-state index is 0.109. The van der Waals surface area contributed by atoms with E-state index in [0.717, 1.165) is 31.2 Å². The first-order chi connectivity index (χ1) is 15.2. The molecule has 0 spiro atoms. The van der Waals surface area contributed by atoms with Crippen LogP contribution in [0.25, 0.3) is 0 Å². The molecule has 1 aromatic carbocycles. The van der Waals surface area contributed by atoms with Crippen molar-refractivity contribution < 1.29 is 14.4 Å². The van der Waals surface area contributed by atoms with Crippen LogP contribution in [-0.4, -0.2) is 51.0 Å². The first-order valence-corrected chi connectivity index (χ1v) is 11.3. The second-order valence-electron chi connectivity index (χ2n) is 8.89. The van der Waals surface area contributed by atoms with Gasteiger partial charge < -0.3 is 15.5 Å². The fraction of sp³-hybridized carbons (Fsp3) is 0.478. The lowest BCUT2D eigenvalue weighted by atomic mass is 9.92. The van der Waals surface area contributed by atoms with Gasteiger partial charge in [-0.15, -0.1) is 0 Å². The smallest absolute Gasteiger partial charge is 0.276 e. The van der Waals surface area contributed by atoms with E-state index >= 15 is 0 Å². The zero-order valence-electron chi connectivity index (χ0n) is 18.6. The summed E-state index contributed by atoms with van der Waals surface area (Å²) in [7, 11) is 1.62. The molecule has 1 aromatic heterocycles. The van der Waals surface area contributed by atoms with Crippen molar-refractivity contribution in [2.24, 2.45) is 0 Å². The van der Waals surface area contributed by atoms with Crippen molar-refractivity contribution >= 4 is 35.0 Å². The van der Waals surface area contributed by atoms with Gasteiger partial charge in [-0.2, -0.15) is 5.10 Å². The Kier molecular flexibility index (Phi) is 5.99. The molecule has 4 rings (SSSR count). The first kappa shape index (κ1) is 22.3. The number of carbonyl (C=O) groups is 3. The number of nitrogens with zero attached hydrogens (tertiary/aromatic N) is 3. The fourth-order valence-corrected chi connectivity index (χ4v) is 4.53. The van der Waals surface area contributed by atoms with E-state index in [1.165, 1.54) is 22.1 Å². The van der Waals surface area contributed by atoms with E-state index in [0.29, 0.717) is 10.7 Å². The number of fused-ring (bicyclic) bond motifs is 1. The van der Waals surface area contributed by atoms with Gasteiger partial charge in [-0.05, 0) is 44.4 Å². The van der Waals surface area contributed by atoms with Gasteiger partial charge >= 0.3 is 0 Å². The lowest BCUT2D eigenvalue weighted by molar-refractivity contribution is -0.133. The summed E-state index contributed by atoms with van der Waals surface area (Å²) in [6, 6.07) is 6.85. The topological polar surface area (TPSA) is 96.3 Å². The first-order valence-electron chi connectivity index (χ1n) is 10.9. The molecule has 1 unspecified atom stereocenters. The Morgan fingerprint density at radius 3 is 2.66 bits per heavy atom. The summed E-state index contributed by atoms with van der Waals surface area (Å²) in [6.07, 6.45) is 5.31. The van der Waals surface area contributed by atoms with E-state index in [1.54, 1.807) is 32.2 Å². The van der Waals surface area contributed by atoms with E-state index < -0.39 is 11.4 Å². The average Bonchev–Trinajstić information content (AvgIpc) is 3.20. The van der Waals surface area contributed by atoms with Crippen LogP contribution in [0.4, 0.5) is 5.69 Å². The highest BCUT2D eigenvalue weighted by Gasteiger charge is 2.46.